The number of hydrogen-bond donors (Lipinski definition) is 1. The minimum atomic E-state index is -3.85. The number of para-hydroxylation sites is 2. The average Bonchev–Trinajstić information content (AvgIpc) is 3.26. The zero-order valence-electron chi connectivity index (χ0n) is 16.8. The summed E-state index contributed by atoms with van der Waals surface area (Å²) >= 11 is 0. The number of hydrogen-bond acceptors (Lipinski definition) is 5. The molecule has 0 saturated heterocycles. The number of carbonyl (C=O) groups is 1. The molecular formula is C23H18N4O4S. The topological polar surface area (TPSA) is 101 Å². The molecule has 9 heteroatoms. The van der Waals surface area contributed by atoms with Gasteiger partial charge in [0, 0.05) is 12.1 Å². The van der Waals surface area contributed by atoms with Crippen molar-refractivity contribution >= 4 is 32.5 Å². The van der Waals surface area contributed by atoms with E-state index in [1.165, 1.54) is 34.9 Å². The summed E-state index contributed by atoms with van der Waals surface area (Å²) in [5.74, 6) is -0.622. The van der Waals surface area contributed by atoms with Crippen LogP contribution in [0.25, 0.3) is 10.9 Å². The van der Waals surface area contributed by atoms with Crippen LogP contribution in [0.4, 0.5) is 5.69 Å². The van der Waals surface area contributed by atoms with Gasteiger partial charge in [-0.25, -0.2) is 18.1 Å². The lowest BCUT2D eigenvalue weighted by atomic mass is 10.2. The number of nitrogens with zero attached hydrogens (tertiary/aromatic N) is 3. The van der Waals surface area contributed by atoms with Gasteiger partial charge in [-0.15, -0.1) is 0 Å². The molecule has 160 valence electrons. The Kier molecular flexibility index (Phi) is 4.75. The van der Waals surface area contributed by atoms with Gasteiger partial charge < -0.3 is 0 Å². The first-order valence-corrected chi connectivity index (χ1v) is 11.4. The molecule has 1 aromatic heterocycles. The Morgan fingerprint density at radius 3 is 2.62 bits per heavy atom. The van der Waals surface area contributed by atoms with Crippen LogP contribution in [-0.4, -0.2) is 30.5 Å². The van der Waals surface area contributed by atoms with Crippen molar-refractivity contribution in [2.45, 2.75) is 11.3 Å². The Labute approximate surface area is 183 Å². The quantitative estimate of drug-likeness (QED) is 0.519. The Morgan fingerprint density at radius 1 is 0.969 bits per heavy atom. The standard InChI is InChI=1S/C23H18N4O4S/c28-22(25-26-15-24-20-10-3-2-9-19(20)23(26)29)17-7-5-8-18(14-17)32(30,31)27-13-12-16-6-1-4-11-21(16)27/h1-11,14-15H,12-13H2,(H,25,28). The van der Waals surface area contributed by atoms with Crippen LogP contribution in [0, 0.1) is 0 Å². The molecule has 0 atom stereocenters. The molecule has 3 aromatic carbocycles. The van der Waals surface area contributed by atoms with E-state index in [9.17, 15) is 18.0 Å². The Hall–Kier alpha value is -3.98. The van der Waals surface area contributed by atoms with Crippen molar-refractivity contribution in [2.24, 2.45) is 0 Å². The van der Waals surface area contributed by atoms with E-state index in [0.717, 1.165) is 10.2 Å². The third kappa shape index (κ3) is 3.32. The second kappa shape index (κ2) is 7.61. The first-order chi connectivity index (χ1) is 15.4. The van der Waals surface area contributed by atoms with Gasteiger partial charge in [-0.3, -0.25) is 19.3 Å². The van der Waals surface area contributed by atoms with Crippen LogP contribution in [0.2, 0.25) is 0 Å². The van der Waals surface area contributed by atoms with Crippen molar-refractivity contribution in [3.8, 4) is 0 Å². The molecule has 0 unspecified atom stereocenters. The van der Waals surface area contributed by atoms with Crippen LogP contribution in [-0.2, 0) is 16.4 Å². The van der Waals surface area contributed by atoms with Gasteiger partial charge in [0.15, 0.2) is 0 Å². The van der Waals surface area contributed by atoms with Gasteiger partial charge in [0.05, 0.1) is 21.5 Å². The summed E-state index contributed by atoms with van der Waals surface area (Å²) in [5, 5.41) is 0.360. The fraction of sp³-hybridized carbons (Fsp3) is 0.0870. The maximum Gasteiger partial charge on any atom is 0.280 e. The van der Waals surface area contributed by atoms with Gasteiger partial charge in [-0.1, -0.05) is 36.4 Å². The third-order valence-corrected chi connectivity index (χ3v) is 7.23. The number of carbonyl (C=O) groups excluding carboxylic acids is 1. The molecule has 4 aromatic rings. The van der Waals surface area contributed by atoms with Gasteiger partial charge >= 0.3 is 0 Å². The molecular weight excluding hydrogens is 428 g/mol. The molecule has 1 aliphatic heterocycles. The lowest BCUT2D eigenvalue weighted by molar-refractivity contribution is 0.101. The van der Waals surface area contributed by atoms with Gasteiger partial charge in [0.1, 0.15) is 6.33 Å². The van der Waals surface area contributed by atoms with Gasteiger partial charge in [-0.2, -0.15) is 0 Å². The fourth-order valence-corrected chi connectivity index (χ4v) is 5.36. The highest BCUT2D eigenvalue weighted by Crippen LogP contribution is 2.32. The Morgan fingerprint density at radius 2 is 1.75 bits per heavy atom. The Bertz CT molecular complexity index is 1530. The molecule has 5 rings (SSSR count). The molecule has 0 bridgehead atoms. The van der Waals surface area contributed by atoms with E-state index >= 15 is 0 Å². The zero-order valence-corrected chi connectivity index (χ0v) is 17.6. The van der Waals surface area contributed by atoms with Gasteiger partial charge in [0.25, 0.3) is 21.5 Å². The molecule has 0 spiro atoms. The maximum absolute atomic E-state index is 13.3. The molecule has 0 fully saturated rings. The smallest absolute Gasteiger partial charge is 0.267 e. The van der Waals surface area contributed by atoms with E-state index < -0.39 is 21.5 Å². The Balaban J connectivity index is 1.45. The van der Waals surface area contributed by atoms with E-state index in [2.05, 4.69) is 10.4 Å². The third-order valence-electron chi connectivity index (χ3n) is 5.42. The highest BCUT2D eigenvalue weighted by Gasteiger charge is 2.31. The molecule has 2 heterocycles. The van der Waals surface area contributed by atoms with Crippen molar-refractivity contribution < 1.29 is 13.2 Å². The molecule has 8 nitrogen and oxygen atoms in total. The zero-order chi connectivity index (χ0) is 22.3. The highest BCUT2D eigenvalue weighted by atomic mass is 32.2. The van der Waals surface area contributed by atoms with E-state index in [0.29, 0.717) is 29.6 Å². The number of sulfonamides is 1. The van der Waals surface area contributed by atoms with Crippen LogP contribution in [0.5, 0.6) is 0 Å². The predicted octanol–water partition coefficient (Wildman–Crippen LogP) is 2.53. The summed E-state index contributed by atoms with van der Waals surface area (Å²) in [4.78, 5) is 29.6. The lowest BCUT2D eigenvalue weighted by Gasteiger charge is -2.20. The molecule has 1 N–H and O–H groups in total. The highest BCUT2D eigenvalue weighted by molar-refractivity contribution is 7.92. The number of aromatic nitrogens is 2. The number of rotatable bonds is 4. The molecule has 32 heavy (non-hydrogen) atoms. The average molecular weight is 446 g/mol. The van der Waals surface area contributed by atoms with Crippen LogP contribution >= 0.6 is 0 Å². The summed E-state index contributed by atoms with van der Waals surface area (Å²) in [7, 11) is -3.85. The normalized spacial score (nSPS) is 13.2. The predicted molar refractivity (Wildman–Crippen MR) is 121 cm³/mol. The van der Waals surface area contributed by atoms with Crippen LogP contribution in [0.1, 0.15) is 15.9 Å². The van der Waals surface area contributed by atoms with Gasteiger partial charge in [-0.05, 0) is 48.4 Å². The summed E-state index contributed by atoms with van der Waals surface area (Å²) in [6.45, 7) is 0.344. The minimum absolute atomic E-state index is 0.00540. The number of nitrogens with one attached hydrogen (secondary N) is 1. The summed E-state index contributed by atoms with van der Waals surface area (Å²) in [5.41, 5.74) is 4.29. The van der Waals surface area contributed by atoms with E-state index in [-0.39, 0.29) is 10.5 Å². The molecule has 1 amide bonds. The van der Waals surface area contributed by atoms with Gasteiger partial charge in [0.2, 0.25) is 0 Å². The molecule has 0 radical (unpaired) electrons. The molecule has 1 aliphatic rings. The number of fused-ring (bicyclic) bond motifs is 2. The van der Waals surface area contributed by atoms with E-state index in [1.54, 1.807) is 36.4 Å². The second-order valence-corrected chi connectivity index (χ2v) is 9.22. The number of benzene rings is 3. The van der Waals surface area contributed by atoms with Crippen LogP contribution in [0.15, 0.2) is 88.8 Å². The molecule has 0 saturated carbocycles. The van der Waals surface area contributed by atoms with Crippen LogP contribution < -0.4 is 15.3 Å². The monoisotopic (exact) mass is 446 g/mol. The van der Waals surface area contributed by atoms with E-state index in [4.69, 9.17) is 0 Å². The number of amides is 1. The number of anilines is 1. The second-order valence-electron chi connectivity index (χ2n) is 7.36. The first kappa shape index (κ1) is 20.0. The summed E-state index contributed by atoms with van der Waals surface area (Å²) < 4.78 is 28.9. The summed E-state index contributed by atoms with van der Waals surface area (Å²) in [6.07, 6.45) is 1.86. The van der Waals surface area contributed by atoms with Crippen molar-refractivity contribution in [1.29, 1.82) is 0 Å². The van der Waals surface area contributed by atoms with E-state index in [1.807, 2.05) is 12.1 Å². The lowest BCUT2D eigenvalue weighted by Crippen LogP contribution is -2.33. The maximum atomic E-state index is 13.3. The largest absolute Gasteiger partial charge is 0.280 e. The van der Waals surface area contributed by atoms with Crippen molar-refractivity contribution in [1.82, 2.24) is 9.66 Å². The van der Waals surface area contributed by atoms with Crippen LogP contribution in [0.3, 0.4) is 0 Å². The van der Waals surface area contributed by atoms with Crippen molar-refractivity contribution in [2.75, 3.05) is 16.3 Å². The first-order valence-electron chi connectivity index (χ1n) is 9.93. The fourth-order valence-electron chi connectivity index (χ4n) is 3.81. The minimum Gasteiger partial charge on any atom is -0.267 e. The van der Waals surface area contributed by atoms with Crippen molar-refractivity contribution in [3.63, 3.8) is 0 Å². The molecule has 0 aliphatic carbocycles. The summed E-state index contributed by atoms with van der Waals surface area (Å²) in [6, 6.07) is 19.9. The van der Waals surface area contributed by atoms with Crippen molar-refractivity contribution in [3.05, 3.63) is 101 Å². The SMILES string of the molecule is O=C(Nn1cnc2ccccc2c1=O)c1cccc(S(=O)(=O)N2CCc3ccccc32)c1.